The molecule has 1 aliphatic carbocycles. The van der Waals surface area contributed by atoms with Crippen molar-refractivity contribution >= 4 is 27.5 Å². The number of carbonyl (C=O) groups excluding carboxylic acids is 2. The number of carbonyl (C=O) groups is 2. The largest absolute Gasteiger partial charge is 0.477 e. The Labute approximate surface area is 217 Å². The lowest BCUT2D eigenvalue weighted by atomic mass is 9.93. The van der Waals surface area contributed by atoms with E-state index in [-0.39, 0.29) is 40.4 Å². The lowest BCUT2D eigenvalue weighted by molar-refractivity contribution is 0.0994. The van der Waals surface area contributed by atoms with Gasteiger partial charge in [0.05, 0.1) is 30.2 Å². The van der Waals surface area contributed by atoms with Crippen molar-refractivity contribution in [3.63, 3.8) is 0 Å². The van der Waals surface area contributed by atoms with E-state index in [1.54, 1.807) is 11.6 Å². The molecule has 2 aromatic rings. The minimum absolute atomic E-state index is 0.000175. The van der Waals surface area contributed by atoms with Gasteiger partial charge in [-0.3, -0.25) is 14.3 Å². The first-order valence-electron chi connectivity index (χ1n) is 12.8. The van der Waals surface area contributed by atoms with E-state index in [4.69, 9.17) is 10.5 Å². The maximum atomic E-state index is 13.5. The molecule has 0 spiro atoms. The maximum Gasteiger partial charge on any atom is 0.271 e. The number of nitrogens with zero attached hydrogens (tertiary/aromatic N) is 5. The minimum Gasteiger partial charge on any atom is -0.477 e. The second-order valence-corrected chi connectivity index (χ2v) is 11.1. The summed E-state index contributed by atoms with van der Waals surface area (Å²) in [6.45, 7) is 8.74. The van der Waals surface area contributed by atoms with Crippen LogP contribution in [0.3, 0.4) is 0 Å². The molecule has 0 radical (unpaired) electrons. The summed E-state index contributed by atoms with van der Waals surface area (Å²) in [4.78, 5) is 32.0. The molecule has 2 aromatic heterocycles. The van der Waals surface area contributed by atoms with Crippen LogP contribution in [0.15, 0.2) is 17.2 Å². The quantitative estimate of drug-likeness (QED) is 0.467. The number of rotatable bonds is 10. The highest BCUT2D eigenvalue weighted by atomic mass is 32.2. The number of sulfonamides is 1. The molecule has 12 nitrogen and oxygen atoms in total. The number of likely N-dealkylation sites (N-methyl/N-ethyl adjacent to an activating group) is 1. The van der Waals surface area contributed by atoms with E-state index in [9.17, 15) is 18.0 Å². The highest BCUT2D eigenvalue weighted by Crippen LogP contribution is 2.36. The Morgan fingerprint density at radius 2 is 1.86 bits per heavy atom. The lowest BCUT2D eigenvalue weighted by Gasteiger charge is -2.33. The van der Waals surface area contributed by atoms with Gasteiger partial charge in [-0.1, -0.05) is 13.8 Å². The van der Waals surface area contributed by atoms with Crippen LogP contribution < -0.4 is 15.8 Å². The zero-order valence-electron chi connectivity index (χ0n) is 21.6. The summed E-state index contributed by atoms with van der Waals surface area (Å²) in [6.07, 6.45) is 4.67. The smallest absolute Gasteiger partial charge is 0.271 e. The third-order valence-corrected chi connectivity index (χ3v) is 8.87. The van der Waals surface area contributed by atoms with E-state index >= 15 is 0 Å². The number of nitrogens with two attached hydrogens (primary N) is 1. The fraction of sp³-hybridized carbons (Fsp3) is 0.583. The molecular formula is C24H35N7O5S. The third kappa shape index (κ3) is 5.34. The summed E-state index contributed by atoms with van der Waals surface area (Å²) in [7, 11) is -3.87. The van der Waals surface area contributed by atoms with Crippen molar-refractivity contribution in [3.05, 3.63) is 29.2 Å². The van der Waals surface area contributed by atoms with Crippen molar-refractivity contribution in [1.82, 2.24) is 24.0 Å². The number of aromatic nitrogens is 3. The van der Waals surface area contributed by atoms with Crippen molar-refractivity contribution < 1.29 is 22.7 Å². The Morgan fingerprint density at radius 3 is 2.41 bits per heavy atom. The number of amides is 2. The first-order valence-corrected chi connectivity index (χ1v) is 14.2. The molecule has 0 unspecified atom stereocenters. The van der Waals surface area contributed by atoms with Crippen LogP contribution in [0.25, 0.3) is 0 Å². The van der Waals surface area contributed by atoms with E-state index in [0.29, 0.717) is 38.3 Å². The Morgan fingerprint density at radius 1 is 1.16 bits per heavy atom. The van der Waals surface area contributed by atoms with Crippen molar-refractivity contribution in [3.8, 4) is 5.88 Å². The Balaban J connectivity index is 1.68. The molecule has 0 aromatic carbocycles. The number of nitrogens with one attached hydrogen (secondary N) is 1. The number of anilines is 1. The second kappa shape index (κ2) is 11.2. The maximum absolute atomic E-state index is 13.5. The van der Waals surface area contributed by atoms with Crippen LogP contribution in [-0.4, -0.2) is 83.5 Å². The van der Waals surface area contributed by atoms with Crippen LogP contribution in [0.1, 0.15) is 72.6 Å². The van der Waals surface area contributed by atoms with Gasteiger partial charge in [-0.25, -0.2) is 13.4 Å². The highest BCUT2D eigenvalue weighted by Gasteiger charge is 2.32. The number of piperazine rings is 1. The summed E-state index contributed by atoms with van der Waals surface area (Å²) >= 11 is 0. The molecule has 1 saturated carbocycles. The van der Waals surface area contributed by atoms with Crippen molar-refractivity contribution in [2.24, 2.45) is 5.73 Å². The van der Waals surface area contributed by atoms with Crippen molar-refractivity contribution in [2.75, 3.05) is 44.6 Å². The van der Waals surface area contributed by atoms with E-state index < -0.39 is 21.8 Å². The number of primary amides is 1. The summed E-state index contributed by atoms with van der Waals surface area (Å²) in [5, 5.41) is 7.18. The Hall–Kier alpha value is -3.03. The molecule has 2 amide bonds. The van der Waals surface area contributed by atoms with E-state index in [0.717, 1.165) is 25.8 Å². The van der Waals surface area contributed by atoms with Gasteiger partial charge in [0.25, 0.3) is 11.8 Å². The van der Waals surface area contributed by atoms with E-state index in [1.165, 1.54) is 16.6 Å². The van der Waals surface area contributed by atoms with Crippen LogP contribution in [0.4, 0.5) is 5.69 Å². The van der Waals surface area contributed by atoms with E-state index in [1.807, 2.05) is 13.8 Å². The van der Waals surface area contributed by atoms with Gasteiger partial charge in [0, 0.05) is 26.2 Å². The summed E-state index contributed by atoms with van der Waals surface area (Å²) in [5.41, 5.74) is 6.44. The van der Waals surface area contributed by atoms with E-state index in [2.05, 4.69) is 20.3 Å². The molecule has 1 aliphatic heterocycles. The Kier molecular flexibility index (Phi) is 8.14. The first kappa shape index (κ1) is 27.0. The SMILES string of the molecule is CCOc1ncc(S(=O)(=O)N2CCN(CC)CC2)cc1C(=O)Nc1c(C(N)=O)nn(C2CCC2)c1CC. The predicted octanol–water partition coefficient (Wildman–Crippen LogP) is 1.64. The molecule has 0 bridgehead atoms. The van der Waals surface area contributed by atoms with Crippen molar-refractivity contribution in [2.45, 2.75) is 57.4 Å². The number of hydrogen-bond acceptors (Lipinski definition) is 8. The van der Waals surface area contributed by atoms with Crippen LogP contribution in [0.5, 0.6) is 5.88 Å². The third-order valence-electron chi connectivity index (χ3n) is 7.01. The minimum atomic E-state index is -3.87. The van der Waals surface area contributed by atoms with Gasteiger partial charge in [-0.2, -0.15) is 9.40 Å². The number of ether oxygens (including phenoxy) is 1. The monoisotopic (exact) mass is 533 g/mol. The first-order chi connectivity index (χ1) is 17.7. The fourth-order valence-electron chi connectivity index (χ4n) is 4.65. The second-order valence-electron chi connectivity index (χ2n) is 9.17. The Bertz CT molecular complexity index is 1260. The molecule has 4 rings (SSSR count). The van der Waals surface area contributed by atoms with Gasteiger partial charge >= 0.3 is 0 Å². The molecule has 37 heavy (non-hydrogen) atoms. The van der Waals surface area contributed by atoms with Crippen LogP contribution >= 0.6 is 0 Å². The van der Waals surface area contributed by atoms with Gasteiger partial charge < -0.3 is 20.7 Å². The predicted molar refractivity (Wildman–Crippen MR) is 137 cm³/mol. The zero-order chi connectivity index (χ0) is 26.7. The molecule has 13 heteroatoms. The van der Waals surface area contributed by atoms with Gasteiger partial charge in [-0.15, -0.1) is 0 Å². The van der Waals surface area contributed by atoms with Crippen LogP contribution in [0.2, 0.25) is 0 Å². The van der Waals surface area contributed by atoms with Crippen LogP contribution in [0, 0.1) is 0 Å². The van der Waals surface area contributed by atoms with Crippen LogP contribution in [-0.2, 0) is 16.4 Å². The fourth-order valence-corrected chi connectivity index (χ4v) is 6.04. The van der Waals surface area contributed by atoms with Gasteiger partial charge in [0.2, 0.25) is 15.9 Å². The molecule has 2 aliphatic rings. The number of hydrogen-bond donors (Lipinski definition) is 2. The topological polar surface area (TPSA) is 153 Å². The molecule has 3 heterocycles. The number of pyridine rings is 1. The molecule has 1 saturated heterocycles. The van der Waals surface area contributed by atoms with Gasteiger partial charge in [-0.05, 0) is 45.2 Å². The van der Waals surface area contributed by atoms with Gasteiger partial charge in [0.15, 0.2) is 5.69 Å². The molecular weight excluding hydrogens is 498 g/mol. The average molecular weight is 534 g/mol. The lowest BCUT2D eigenvalue weighted by Crippen LogP contribution is -2.48. The normalized spacial score (nSPS) is 17.4. The zero-order valence-corrected chi connectivity index (χ0v) is 22.4. The average Bonchev–Trinajstić information content (AvgIpc) is 3.20. The molecule has 202 valence electrons. The van der Waals surface area contributed by atoms with Crippen molar-refractivity contribution in [1.29, 1.82) is 0 Å². The van der Waals surface area contributed by atoms with Gasteiger partial charge in [0.1, 0.15) is 10.5 Å². The molecule has 0 atom stereocenters. The standard InChI is InChI=1S/C24H35N7O5S/c1-4-19-20(21(22(25)32)28-31(19)16-8-7-9-16)27-23(33)18-14-17(15-26-24(18)36-6-3)37(34,35)30-12-10-29(5-2)11-13-30/h14-16H,4-13H2,1-3H3,(H2,25,32)(H,27,33). The molecule has 3 N–H and O–H groups in total. The summed E-state index contributed by atoms with van der Waals surface area (Å²) in [5.74, 6) is -1.41. The highest BCUT2D eigenvalue weighted by molar-refractivity contribution is 7.89. The summed E-state index contributed by atoms with van der Waals surface area (Å²) < 4.78 is 35.5. The summed E-state index contributed by atoms with van der Waals surface area (Å²) in [6, 6.07) is 1.43. The molecule has 2 fully saturated rings.